The monoisotopic (exact) mass is 435 g/mol. The number of aryl methyl sites for hydroxylation is 2. The van der Waals surface area contributed by atoms with Gasteiger partial charge >= 0.3 is 0 Å². The van der Waals surface area contributed by atoms with E-state index in [2.05, 4.69) is 32.6 Å². The number of thiazole rings is 1. The van der Waals surface area contributed by atoms with Crippen LogP contribution in [0.15, 0.2) is 65.1 Å². The number of amides is 1. The lowest BCUT2D eigenvalue weighted by atomic mass is 10.1. The van der Waals surface area contributed by atoms with Gasteiger partial charge in [-0.3, -0.25) is 4.79 Å². The van der Waals surface area contributed by atoms with E-state index in [1.165, 1.54) is 17.3 Å². The molecular formula is C22H21N5OS2. The SMILES string of the molecule is Cc1nc(-c2ccc(NC(=O)CSc3nnc(C)n3Cc3ccccc3)cc2)cs1. The quantitative estimate of drug-likeness (QED) is 0.422. The summed E-state index contributed by atoms with van der Waals surface area (Å²) in [6, 6.07) is 17.9. The van der Waals surface area contributed by atoms with Gasteiger partial charge in [0.15, 0.2) is 5.16 Å². The number of anilines is 1. The second kappa shape index (κ2) is 9.23. The van der Waals surface area contributed by atoms with Crippen molar-refractivity contribution in [2.75, 3.05) is 11.1 Å². The molecule has 6 nitrogen and oxygen atoms in total. The smallest absolute Gasteiger partial charge is 0.234 e. The summed E-state index contributed by atoms with van der Waals surface area (Å²) in [5.74, 6) is 1.01. The minimum absolute atomic E-state index is 0.0795. The van der Waals surface area contributed by atoms with Crippen molar-refractivity contribution < 1.29 is 4.79 Å². The summed E-state index contributed by atoms with van der Waals surface area (Å²) >= 11 is 3.01. The molecule has 0 aliphatic carbocycles. The third-order valence-corrected chi connectivity index (χ3v) is 6.24. The predicted molar refractivity (Wildman–Crippen MR) is 122 cm³/mol. The molecule has 30 heavy (non-hydrogen) atoms. The van der Waals surface area contributed by atoms with Gasteiger partial charge in [-0.15, -0.1) is 21.5 Å². The zero-order valence-electron chi connectivity index (χ0n) is 16.7. The van der Waals surface area contributed by atoms with Crippen LogP contribution in [0.3, 0.4) is 0 Å². The first-order chi connectivity index (χ1) is 14.6. The Labute approximate surface area is 183 Å². The second-order valence-electron chi connectivity index (χ2n) is 6.77. The minimum atomic E-state index is -0.0795. The zero-order chi connectivity index (χ0) is 20.9. The average Bonchev–Trinajstić information content (AvgIpc) is 3.34. The maximum Gasteiger partial charge on any atom is 0.234 e. The average molecular weight is 436 g/mol. The van der Waals surface area contributed by atoms with Gasteiger partial charge in [0, 0.05) is 16.6 Å². The molecule has 1 amide bonds. The summed E-state index contributed by atoms with van der Waals surface area (Å²) in [5.41, 5.74) is 3.93. The Kier molecular flexibility index (Phi) is 6.25. The van der Waals surface area contributed by atoms with Crippen LogP contribution in [0.5, 0.6) is 0 Å². The van der Waals surface area contributed by atoms with Crippen molar-refractivity contribution in [3.05, 3.63) is 76.4 Å². The zero-order valence-corrected chi connectivity index (χ0v) is 18.3. The highest BCUT2D eigenvalue weighted by Crippen LogP contribution is 2.23. The van der Waals surface area contributed by atoms with E-state index < -0.39 is 0 Å². The van der Waals surface area contributed by atoms with E-state index in [1.54, 1.807) is 11.3 Å². The van der Waals surface area contributed by atoms with Crippen molar-refractivity contribution in [1.82, 2.24) is 19.7 Å². The number of carbonyl (C=O) groups excluding carboxylic acids is 1. The van der Waals surface area contributed by atoms with Crippen LogP contribution in [0, 0.1) is 13.8 Å². The molecule has 0 radical (unpaired) electrons. The van der Waals surface area contributed by atoms with Crippen LogP contribution >= 0.6 is 23.1 Å². The molecule has 0 spiro atoms. The first-order valence-electron chi connectivity index (χ1n) is 9.47. The highest BCUT2D eigenvalue weighted by molar-refractivity contribution is 7.99. The molecule has 2 aromatic carbocycles. The molecule has 1 N–H and O–H groups in total. The maximum atomic E-state index is 12.4. The standard InChI is InChI=1S/C22H21N5OS2/c1-15-25-26-22(27(15)12-17-6-4-3-5-7-17)30-14-21(28)24-19-10-8-18(9-11-19)20-13-29-16(2)23-20/h3-11,13H,12,14H2,1-2H3,(H,24,28). The van der Waals surface area contributed by atoms with E-state index in [4.69, 9.17) is 0 Å². The van der Waals surface area contributed by atoms with Crippen LogP contribution in [0.4, 0.5) is 5.69 Å². The predicted octanol–water partition coefficient (Wildman–Crippen LogP) is 4.80. The maximum absolute atomic E-state index is 12.4. The third kappa shape index (κ3) is 4.95. The minimum Gasteiger partial charge on any atom is -0.325 e. The molecule has 2 heterocycles. The Morgan fingerprint density at radius 3 is 2.53 bits per heavy atom. The van der Waals surface area contributed by atoms with Gasteiger partial charge in [0.1, 0.15) is 5.82 Å². The summed E-state index contributed by atoms with van der Waals surface area (Å²) in [6.07, 6.45) is 0. The molecule has 0 saturated heterocycles. The van der Waals surface area contributed by atoms with E-state index in [9.17, 15) is 4.79 Å². The van der Waals surface area contributed by atoms with Gasteiger partial charge in [0.05, 0.1) is 23.0 Å². The van der Waals surface area contributed by atoms with Crippen LogP contribution in [0.25, 0.3) is 11.3 Å². The van der Waals surface area contributed by atoms with E-state index in [0.717, 1.165) is 32.9 Å². The Bertz CT molecular complexity index is 1140. The first-order valence-corrected chi connectivity index (χ1v) is 11.3. The van der Waals surface area contributed by atoms with Gasteiger partial charge in [0.25, 0.3) is 0 Å². The number of rotatable bonds is 7. The Balaban J connectivity index is 1.35. The van der Waals surface area contributed by atoms with E-state index in [1.807, 2.05) is 66.3 Å². The summed E-state index contributed by atoms with van der Waals surface area (Å²) in [4.78, 5) is 16.9. The van der Waals surface area contributed by atoms with E-state index in [0.29, 0.717) is 6.54 Å². The fraction of sp³-hybridized carbons (Fsp3) is 0.182. The lowest BCUT2D eigenvalue weighted by Crippen LogP contribution is -2.14. The number of nitrogens with zero attached hydrogens (tertiary/aromatic N) is 4. The molecule has 0 atom stereocenters. The van der Waals surface area contributed by atoms with Gasteiger partial charge < -0.3 is 9.88 Å². The number of aromatic nitrogens is 4. The normalized spacial score (nSPS) is 10.9. The number of benzene rings is 2. The number of nitrogens with one attached hydrogen (secondary N) is 1. The second-order valence-corrected chi connectivity index (χ2v) is 8.77. The van der Waals surface area contributed by atoms with Crippen molar-refractivity contribution in [3.8, 4) is 11.3 Å². The third-order valence-electron chi connectivity index (χ3n) is 4.50. The Hall–Kier alpha value is -2.97. The molecule has 0 unspecified atom stereocenters. The van der Waals surface area contributed by atoms with Crippen LogP contribution in [0.2, 0.25) is 0 Å². The fourth-order valence-electron chi connectivity index (χ4n) is 2.96. The summed E-state index contributed by atoms with van der Waals surface area (Å²) in [7, 11) is 0. The van der Waals surface area contributed by atoms with Crippen molar-refractivity contribution >= 4 is 34.7 Å². The van der Waals surface area contributed by atoms with Crippen LogP contribution in [-0.2, 0) is 11.3 Å². The van der Waals surface area contributed by atoms with Crippen LogP contribution in [-0.4, -0.2) is 31.4 Å². The van der Waals surface area contributed by atoms with Crippen molar-refractivity contribution in [2.24, 2.45) is 0 Å². The number of hydrogen-bond acceptors (Lipinski definition) is 6. The van der Waals surface area contributed by atoms with E-state index >= 15 is 0 Å². The van der Waals surface area contributed by atoms with Crippen molar-refractivity contribution in [2.45, 2.75) is 25.5 Å². The summed E-state index contributed by atoms with van der Waals surface area (Å²) in [6.45, 7) is 4.59. The largest absolute Gasteiger partial charge is 0.325 e. The van der Waals surface area contributed by atoms with Crippen LogP contribution in [0.1, 0.15) is 16.4 Å². The fourth-order valence-corrected chi connectivity index (χ4v) is 4.37. The molecule has 4 aromatic rings. The topological polar surface area (TPSA) is 72.7 Å². The summed E-state index contributed by atoms with van der Waals surface area (Å²) in [5, 5.41) is 15.1. The van der Waals surface area contributed by atoms with Crippen LogP contribution < -0.4 is 5.32 Å². The van der Waals surface area contributed by atoms with Crippen molar-refractivity contribution in [3.63, 3.8) is 0 Å². The molecule has 4 rings (SSSR count). The highest BCUT2D eigenvalue weighted by atomic mass is 32.2. The molecule has 0 aliphatic heterocycles. The lowest BCUT2D eigenvalue weighted by molar-refractivity contribution is -0.113. The molecule has 152 valence electrons. The summed E-state index contributed by atoms with van der Waals surface area (Å²) < 4.78 is 2.03. The molecule has 0 fully saturated rings. The molecule has 0 aliphatic rings. The molecule has 0 saturated carbocycles. The van der Waals surface area contributed by atoms with Gasteiger partial charge in [0.2, 0.25) is 5.91 Å². The lowest BCUT2D eigenvalue weighted by Gasteiger charge is -2.09. The molecule has 2 aromatic heterocycles. The van der Waals surface area contributed by atoms with E-state index in [-0.39, 0.29) is 11.7 Å². The Morgan fingerprint density at radius 2 is 1.83 bits per heavy atom. The molecule has 8 heteroatoms. The van der Waals surface area contributed by atoms with Gasteiger partial charge in [-0.25, -0.2) is 4.98 Å². The number of thioether (sulfide) groups is 1. The van der Waals surface area contributed by atoms with Gasteiger partial charge in [-0.2, -0.15) is 0 Å². The molecule has 0 bridgehead atoms. The Morgan fingerprint density at radius 1 is 1.07 bits per heavy atom. The first kappa shape index (κ1) is 20.3. The highest BCUT2D eigenvalue weighted by Gasteiger charge is 2.12. The number of carbonyl (C=O) groups is 1. The van der Waals surface area contributed by atoms with Gasteiger partial charge in [-0.05, 0) is 31.5 Å². The number of hydrogen-bond donors (Lipinski definition) is 1. The van der Waals surface area contributed by atoms with Gasteiger partial charge in [-0.1, -0.05) is 54.2 Å². The van der Waals surface area contributed by atoms with Crippen molar-refractivity contribution in [1.29, 1.82) is 0 Å². The molecular weight excluding hydrogens is 414 g/mol.